The summed E-state index contributed by atoms with van der Waals surface area (Å²) >= 11 is 0. The molecule has 2 aromatic heterocycles. The third-order valence-corrected chi connectivity index (χ3v) is 2.77. The van der Waals surface area contributed by atoms with Crippen LogP contribution in [0.3, 0.4) is 0 Å². The number of nitrogens with zero attached hydrogens (tertiary/aromatic N) is 2. The van der Waals surface area contributed by atoms with Crippen molar-refractivity contribution in [1.29, 1.82) is 0 Å². The van der Waals surface area contributed by atoms with Gasteiger partial charge >= 0.3 is 0 Å². The van der Waals surface area contributed by atoms with E-state index in [1.165, 1.54) is 6.39 Å². The number of carbonyl (C=O) groups is 1. The van der Waals surface area contributed by atoms with Gasteiger partial charge in [-0.3, -0.25) is 9.78 Å². The van der Waals surface area contributed by atoms with Gasteiger partial charge in [0.1, 0.15) is 5.52 Å². The second kappa shape index (κ2) is 4.89. The van der Waals surface area contributed by atoms with E-state index >= 15 is 0 Å². The molecule has 2 heterocycles. The molecular formula is C14H11N3O2. The Labute approximate surface area is 109 Å². The number of carbonyl (C=O) groups excluding carboxylic acids is 1. The molecule has 0 saturated carbocycles. The number of hydrogen-bond acceptors (Lipinski definition) is 4. The summed E-state index contributed by atoms with van der Waals surface area (Å²) in [6.45, 7) is 0.448. The maximum absolute atomic E-state index is 12.0. The largest absolute Gasteiger partial charge is 0.443 e. The molecule has 0 saturated heterocycles. The van der Waals surface area contributed by atoms with Crippen molar-refractivity contribution >= 4 is 17.0 Å². The molecule has 0 radical (unpaired) electrons. The average Bonchev–Trinajstić information content (AvgIpc) is 2.93. The van der Waals surface area contributed by atoms with Crippen LogP contribution in [0.15, 0.2) is 53.5 Å². The standard InChI is InChI=1S/C14H11N3O2/c18-14(16-8-10-2-1-5-15-7-10)11-3-4-13-12(6-11)17-9-19-13/h1-7,9H,8H2,(H,16,18). The van der Waals surface area contributed by atoms with Crippen LogP contribution < -0.4 is 5.32 Å². The summed E-state index contributed by atoms with van der Waals surface area (Å²) in [6, 6.07) is 8.90. The molecule has 0 aliphatic carbocycles. The molecule has 1 amide bonds. The molecule has 1 aromatic carbocycles. The summed E-state index contributed by atoms with van der Waals surface area (Å²) in [4.78, 5) is 20.0. The van der Waals surface area contributed by atoms with Crippen LogP contribution in [-0.4, -0.2) is 15.9 Å². The maximum atomic E-state index is 12.0. The minimum Gasteiger partial charge on any atom is -0.443 e. The van der Waals surface area contributed by atoms with Crippen molar-refractivity contribution in [1.82, 2.24) is 15.3 Å². The van der Waals surface area contributed by atoms with E-state index in [2.05, 4.69) is 15.3 Å². The lowest BCUT2D eigenvalue weighted by Gasteiger charge is -2.04. The Morgan fingerprint density at radius 3 is 3.11 bits per heavy atom. The summed E-state index contributed by atoms with van der Waals surface area (Å²) in [5, 5.41) is 2.83. The molecular weight excluding hydrogens is 242 g/mol. The molecule has 0 aliphatic rings. The fourth-order valence-electron chi connectivity index (χ4n) is 1.79. The van der Waals surface area contributed by atoms with Crippen LogP contribution in [0.1, 0.15) is 15.9 Å². The molecule has 0 bridgehead atoms. The van der Waals surface area contributed by atoms with Crippen LogP contribution in [0.25, 0.3) is 11.1 Å². The molecule has 1 N–H and O–H groups in total. The Morgan fingerprint density at radius 2 is 2.26 bits per heavy atom. The fourth-order valence-corrected chi connectivity index (χ4v) is 1.79. The van der Waals surface area contributed by atoms with Gasteiger partial charge in [0.15, 0.2) is 12.0 Å². The Morgan fingerprint density at radius 1 is 1.32 bits per heavy atom. The molecule has 5 nitrogen and oxygen atoms in total. The number of pyridine rings is 1. The average molecular weight is 253 g/mol. The van der Waals surface area contributed by atoms with Crippen molar-refractivity contribution < 1.29 is 9.21 Å². The van der Waals surface area contributed by atoms with Crippen molar-refractivity contribution in [3.05, 3.63) is 60.2 Å². The number of nitrogens with one attached hydrogen (secondary N) is 1. The van der Waals surface area contributed by atoms with E-state index in [1.807, 2.05) is 12.1 Å². The highest BCUT2D eigenvalue weighted by molar-refractivity contribution is 5.96. The van der Waals surface area contributed by atoms with Crippen molar-refractivity contribution in [2.75, 3.05) is 0 Å². The van der Waals surface area contributed by atoms with Crippen LogP contribution in [0.4, 0.5) is 0 Å². The summed E-state index contributed by atoms with van der Waals surface area (Å²) in [5.74, 6) is -0.145. The van der Waals surface area contributed by atoms with Crippen molar-refractivity contribution in [2.24, 2.45) is 0 Å². The van der Waals surface area contributed by atoms with Gasteiger partial charge < -0.3 is 9.73 Å². The second-order valence-electron chi connectivity index (χ2n) is 4.08. The van der Waals surface area contributed by atoms with Crippen LogP contribution in [0, 0.1) is 0 Å². The Kier molecular flexibility index (Phi) is 2.94. The number of fused-ring (bicyclic) bond motifs is 1. The van der Waals surface area contributed by atoms with Gasteiger partial charge in [0.05, 0.1) is 0 Å². The summed E-state index contributed by atoms with van der Waals surface area (Å²) in [5.41, 5.74) is 2.86. The first-order valence-electron chi connectivity index (χ1n) is 5.83. The maximum Gasteiger partial charge on any atom is 0.251 e. The summed E-state index contributed by atoms with van der Waals surface area (Å²) in [7, 11) is 0. The number of rotatable bonds is 3. The first kappa shape index (κ1) is 11.4. The highest BCUT2D eigenvalue weighted by atomic mass is 16.3. The Hall–Kier alpha value is -2.69. The van der Waals surface area contributed by atoms with Crippen LogP contribution in [0.5, 0.6) is 0 Å². The van der Waals surface area contributed by atoms with Crippen molar-refractivity contribution in [2.45, 2.75) is 6.54 Å². The van der Waals surface area contributed by atoms with Crippen LogP contribution >= 0.6 is 0 Å². The van der Waals surface area contributed by atoms with E-state index in [4.69, 9.17) is 4.42 Å². The zero-order valence-corrected chi connectivity index (χ0v) is 10.0. The number of hydrogen-bond donors (Lipinski definition) is 1. The van der Waals surface area contributed by atoms with Crippen molar-refractivity contribution in [3.8, 4) is 0 Å². The van der Waals surface area contributed by atoms with Crippen LogP contribution in [0.2, 0.25) is 0 Å². The normalized spacial score (nSPS) is 10.5. The predicted octanol–water partition coefficient (Wildman–Crippen LogP) is 2.15. The number of amides is 1. The first-order valence-corrected chi connectivity index (χ1v) is 5.83. The van der Waals surface area contributed by atoms with Crippen molar-refractivity contribution in [3.63, 3.8) is 0 Å². The minimum absolute atomic E-state index is 0.145. The molecule has 0 fully saturated rings. The van der Waals surface area contributed by atoms with Gasteiger partial charge in [-0.05, 0) is 29.8 Å². The first-order chi connectivity index (χ1) is 9.33. The monoisotopic (exact) mass is 253 g/mol. The van der Waals surface area contributed by atoms with E-state index < -0.39 is 0 Å². The van der Waals surface area contributed by atoms with E-state index in [0.29, 0.717) is 23.2 Å². The molecule has 0 spiro atoms. The van der Waals surface area contributed by atoms with E-state index in [1.54, 1.807) is 30.6 Å². The SMILES string of the molecule is O=C(NCc1cccnc1)c1ccc2ocnc2c1. The minimum atomic E-state index is -0.145. The topological polar surface area (TPSA) is 68.0 Å². The third-order valence-electron chi connectivity index (χ3n) is 2.77. The summed E-state index contributed by atoms with van der Waals surface area (Å²) in [6.07, 6.45) is 4.78. The smallest absolute Gasteiger partial charge is 0.251 e. The predicted molar refractivity (Wildman–Crippen MR) is 69.4 cm³/mol. The zero-order valence-electron chi connectivity index (χ0n) is 10.0. The Balaban J connectivity index is 1.73. The van der Waals surface area contributed by atoms with Gasteiger partial charge in [-0.15, -0.1) is 0 Å². The highest BCUT2D eigenvalue weighted by Gasteiger charge is 2.07. The summed E-state index contributed by atoms with van der Waals surface area (Å²) < 4.78 is 5.13. The molecule has 3 aromatic rings. The van der Waals surface area contributed by atoms with E-state index in [0.717, 1.165) is 5.56 Å². The van der Waals surface area contributed by atoms with E-state index in [-0.39, 0.29) is 5.91 Å². The van der Waals surface area contributed by atoms with Gasteiger partial charge in [0, 0.05) is 24.5 Å². The fraction of sp³-hybridized carbons (Fsp3) is 0.0714. The van der Waals surface area contributed by atoms with Gasteiger partial charge in [0.2, 0.25) is 0 Å². The van der Waals surface area contributed by atoms with Gasteiger partial charge in [-0.1, -0.05) is 6.07 Å². The molecule has 5 heteroatoms. The number of benzene rings is 1. The molecule has 3 rings (SSSR count). The van der Waals surface area contributed by atoms with Gasteiger partial charge in [-0.25, -0.2) is 4.98 Å². The molecule has 0 aliphatic heterocycles. The van der Waals surface area contributed by atoms with Gasteiger partial charge in [0.25, 0.3) is 5.91 Å². The lowest BCUT2D eigenvalue weighted by molar-refractivity contribution is 0.0951. The highest BCUT2D eigenvalue weighted by Crippen LogP contribution is 2.14. The molecule has 19 heavy (non-hydrogen) atoms. The quantitative estimate of drug-likeness (QED) is 0.776. The Bertz CT molecular complexity index is 707. The third kappa shape index (κ3) is 2.44. The van der Waals surface area contributed by atoms with E-state index in [9.17, 15) is 4.79 Å². The second-order valence-corrected chi connectivity index (χ2v) is 4.08. The number of aromatic nitrogens is 2. The molecule has 94 valence electrons. The molecule has 0 unspecified atom stereocenters. The lowest BCUT2D eigenvalue weighted by Crippen LogP contribution is -2.22. The molecule has 0 atom stereocenters. The van der Waals surface area contributed by atoms with Gasteiger partial charge in [-0.2, -0.15) is 0 Å². The van der Waals surface area contributed by atoms with Crippen LogP contribution in [-0.2, 0) is 6.54 Å². The number of oxazole rings is 1. The zero-order chi connectivity index (χ0) is 13.1. The lowest BCUT2D eigenvalue weighted by atomic mass is 10.2.